The van der Waals surface area contributed by atoms with Gasteiger partial charge in [0.15, 0.2) is 0 Å². The standard InChI is InChI=1S/C34H26N4O2/c1-39-29-7-3-5-21(15-29)33-31-19-27-13-11-25(36-27)17-23-9-10-24(35-23)18-26-12-14-28(37-26)20-32(38-31)34(33)22-6-4-8-30(16-22)40-2/h3-20,35,38H,1-2H3. The van der Waals surface area contributed by atoms with Crippen molar-refractivity contribution < 1.29 is 9.47 Å². The Morgan fingerprint density at radius 3 is 1.40 bits per heavy atom. The number of rotatable bonds is 4. The predicted molar refractivity (Wildman–Crippen MR) is 163 cm³/mol. The van der Waals surface area contributed by atoms with Gasteiger partial charge >= 0.3 is 0 Å². The van der Waals surface area contributed by atoms with Gasteiger partial charge in [-0.3, -0.25) is 0 Å². The lowest BCUT2D eigenvalue weighted by Gasteiger charge is -2.09. The van der Waals surface area contributed by atoms with Crippen molar-refractivity contribution in [3.05, 3.63) is 108 Å². The third-order valence-electron chi connectivity index (χ3n) is 7.06. The van der Waals surface area contributed by atoms with Crippen molar-refractivity contribution >= 4 is 46.4 Å². The highest BCUT2D eigenvalue weighted by Crippen LogP contribution is 2.41. The number of nitrogens with one attached hydrogen (secondary N) is 2. The second kappa shape index (κ2) is 9.75. The Labute approximate surface area is 231 Å². The van der Waals surface area contributed by atoms with E-state index < -0.39 is 0 Å². The van der Waals surface area contributed by atoms with Gasteiger partial charge < -0.3 is 19.4 Å². The number of aromatic nitrogens is 4. The molecule has 40 heavy (non-hydrogen) atoms. The lowest BCUT2D eigenvalue weighted by atomic mass is 9.95. The van der Waals surface area contributed by atoms with Crippen molar-refractivity contribution in [2.45, 2.75) is 0 Å². The topological polar surface area (TPSA) is 75.8 Å². The number of methoxy groups -OCH3 is 2. The molecule has 0 aliphatic carbocycles. The first-order valence-electron chi connectivity index (χ1n) is 13.1. The summed E-state index contributed by atoms with van der Waals surface area (Å²) in [5, 5.41) is 0. The molecule has 0 spiro atoms. The summed E-state index contributed by atoms with van der Waals surface area (Å²) in [6, 6.07) is 28.6. The summed E-state index contributed by atoms with van der Waals surface area (Å²) in [7, 11) is 3.37. The Morgan fingerprint density at radius 1 is 0.500 bits per heavy atom. The highest BCUT2D eigenvalue weighted by molar-refractivity contribution is 6.03. The largest absolute Gasteiger partial charge is 0.497 e. The number of hydrogen-bond donors (Lipinski definition) is 2. The van der Waals surface area contributed by atoms with Crippen LogP contribution in [0.5, 0.6) is 11.5 Å². The van der Waals surface area contributed by atoms with Crippen LogP contribution in [0.1, 0.15) is 22.8 Å². The lowest BCUT2D eigenvalue weighted by molar-refractivity contribution is 0.415. The second-order valence-corrected chi connectivity index (χ2v) is 9.70. The van der Waals surface area contributed by atoms with Crippen LogP contribution in [0.3, 0.4) is 0 Å². The summed E-state index contributed by atoms with van der Waals surface area (Å²) in [5.41, 5.74) is 11.5. The van der Waals surface area contributed by atoms with E-state index in [2.05, 4.69) is 58.5 Å². The van der Waals surface area contributed by atoms with Crippen molar-refractivity contribution in [2.75, 3.05) is 14.2 Å². The van der Waals surface area contributed by atoms with Crippen molar-refractivity contribution in [1.82, 2.24) is 19.9 Å². The van der Waals surface area contributed by atoms with Gasteiger partial charge in [0.1, 0.15) is 11.5 Å². The van der Waals surface area contributed by atoms with E-state index in [1.165, 1.54) is 0 Å². The molecule has 194 valence electrons. The lowest BCUT2D eigenvalue weighted by Crippen LogP contribution is -1.87. The average molecular weight is 523 g/mol. The van der Waals surface area contributed by atoms with Crippen molar-refractivity contribution in [3.63, 3.8) is 0 Å². The molecular weight excluding hydrogens is 496 g/mol. The molecule has 0 unspecified atom stereocenters. The zero-order valence-electron chi connectivity index (χ0n) is 22.1. The molecule has 5 heterocycles. The van der Waals surface area contributed by atoms with Gasteiger partial charge in [0.25, 0.3) is 0 Å². The fraction of sp³-hybridized carbons (Fsp3) is 0.0588. The number of nitrogens with zero attached hydrogens (tertiary/aromatic N) is 2. The summed E-state index contributed by atoms with van der Waals surface area (Å²) in [5.74, 6) is 1.58. The quantitative estimate of drug-likeness (QED) is 0.246. The number of benzene rings is 2. The number of aromatic amines is 2. The SMILES string of the molecule is COc1cccc(-c2c(-c3cccc(OC)c3)c3cc4nc(cc5ccc(cc6nc(cc2[nH]3)C=C6)[nH]5)C=C4)c1. The third kappa shape index (κ3) is 4.46. The summed E-state index contributed by atoms with van der Waals surface area (Å²) in [4.78, 5) is 16.9. The molecule has 2 aliphatic rings. The summed E-state index contributed by atoms with van der Waals surface area (Å²) in [6.45, 7) is 0. The van der Waals surface area contributed by atoms with E-state index in [1.54, 1.807) is 14.2 Å². The van der Waals surface area contributed by atoms with Crippen molar-refractivity contribution in [3.8, 4) is 33.8 Å². The number of fused-ring (bicyclic) bond motifs is 8. The number of ether oxygens (including phenoxy) is 2. The molecule has 7 rings (SSSR count). The van der Waals surface area contributed by atoms with E-state index in [9.17, 15) is 0 Å². The van der Waals surface area contributed by atoms with E-state index >= 15 is 0 Å². The molecule has 6 heteroatoms. The Hall–Kier alpha value is -5.36. The molecule has 2 aromatic carbocycles. The smallest absolute Gasteiger partial charge is 0.119 e. The van der Waals surface area contributed by atoms with E-state index in [0.29, 0.717) is 0 Å². The minimum Gasteiger partial charge on any atom is -0.497 e. The maximum absolute atomic E-state index is 5.60. The van der Waals surface area contributed by atoms with Gasteiger partial charge in [-0.15, -0.1) is 0 Å². The molecule has 5 aromatic rings. The van der Waals surface area contributed by atoms with Gasteiger partial charge in [0.05, 0.1) is 37.0 Å². The third-order valence-corrected chi connectivity index (χ3v) is 7.06. The van der Waals surface area contributed by atoms with Crippen LogP contribution in [0.4, 0.5) is 0 Å². The molecule has 0 atom stereocenters. The number of hydrogen-bond acceptors (Lipinski definition) is 4. The first kappa shape index (κ1) is 23.7. The molecule has 2 N–H and O–H groups in total. The maximum Gasteiger partial charge on any atom is 0.119 e. The Bertz CT molecular complexity index is 1860. The molecule has 0 amide bonds. The minimum absolute atomic E-state index is 0.788. The van der Waals surface area contributed by atoms with Gasteiger partial charge in [0.2, 0.25) is 0 Å². The normalized spacial score (nSPS) is 12.1. The van der Waals surface area contributed by atoms with Crippen LogP contribution in [-0.2, 0) is 0 Å². The van der Waals surface area contributed by atoms with Crippen LogP contribution in [-0.4, -0.2) is 34.2 Å². The second-order valence-electron chi connectivity index (χ2n) is 9.70. The van der Waals surface area contributed by atoms with Crippen LogP contribution in [0.25, 0.3) is 68.6 Å². The van der Waals surface area contributed by atoms with Gasteiger partial charge in [0, 0.05) is 33.2 Å². The fourth-order valence-electron chi connectivity index (χ4n) is 5.24. The summed E-state index contributed by atoms with van der Waals surface area (Å²) >= 11 is 0. The van der Waals surface area contributed by atoms with E-state index in [1.807, 2.05) is 60.7 Å². The molecular formula is C34H26N4O2. The Kier molecular flexibility index (Phi) is 5.78. The summed E-state index contributed by atoms with van der Waals surface area (Å²) in [6.07, 6.45) is 8.14. The van der Waals surface area contributed by atoms with Crippen LogP contribution in [0.2, 0.25) is 0 Å². The molecule has 8 bridgehead atoms. The fourth-order valence-corrected chi connectivity index (χ4v) is 5.24. The van der Waals surface area contributed by atoms with Crippen LogP contribution in [0, 0.1) is 0 Å². The van der Waals surface area contributed by atoms with Gasteiger partial charge in [-0.2, -0.15) is 0 Å². The van der Waals surface area contributed by atoms with Crippen LogP contribution >= 0.6 is 0 Å². The molecule has 6 nitrogen and oxygen atoms in total. The van der Waals surface area contributed by atoms with Crippen LogP contribution < -0.4 is 9.47 Å². The monoisotopic (exact) mass is 522 g/mol. The van der Waals surface area contributed by atoms with Crippen LogP contribution in [0.15, 0.2) is 84.9 Å². The van der Waals surface area contributed by atoms with Crippen molar-refractivity contribution in [1.29, 1.82) is 0 Å². The first-order chi connectivity index (χ1) is 19.6. The van der Waals surface area contributed by atoms with Gasteiger partial charge in [-0.1, -0.05) is 24.3 Å². The zero-order chi connectivity index (χ0) is 27.1. The molecule has 0 saturated heterocycles. The first-order valence-corrected chi connectivity index (χ1v) is 13.1. The minimum atomic E-state index is 0.788. The molecule has 2 aliphatic heterocycles. The highest BCUT2D eigenvalue weighted by Gasteiger charge is 2.17. The average Bonchev–Trinajstić information content (AvgIpc) is 3.78. The van der Waals surface area contributed by atoms with E-state index in [0.717, 1.165) is 78.6 Å². The van der Waals surface area contributed by atoms with E-state index in [-0.39, 0.29) is 0 Å². The number of H-pyrrole nitrogens is 2. The van der Waals surface area contributed by atoms with Gasteiger partial charge in [-0.25, -0.2) is 9.97 Å². The Balaban J connectivity index is 1.63. The maximum atomic E-state index is 5.60. The molecule has 3 aromatic heterocycles. The van der Waals surface area contributed by atoms with Gasteiger partial charge in [-0.05, 0) is 96.1 Å². The highest BCUT2D eigenvalue weighted by atomic mass is 16.5. The predicted octanol–water partition coefficient (Wildman–Crippen LogP) is 8.01. The summed E-state index contributed by atoms with van der Waals surface area (Å²) < 4.78 is 11.2. The molecule has 0 saturated carbocycles. The molecule has 0 fully saturated rings. The van der Waals surface area contributed by atoms with E-state index in [4.69, 9.17) is 19.4 Å². The zero-order valence-corrected chi connectivity index (χ0v) is 22.1. The molecule has 0 radical (unpaired) electrons. The Morgan fingerprint density at radius 2 is 0.950 bits per heavy atom. The van der Waals surface area contributed by atoms with Crippen molar-refractivity contribution in [2.24, 2.45) is 0 Å².